The largest absolute Gasteiger partial charge is 0.493 e. The first-order valence-corrected chi connectivity index (χ1v) is 7.87. The number of rotatable bonds is 8. The fourth-order valence-electron chi connectivity index (χ4n) is 2.09. The minimum absolute atomic E-state index is 0.227. The summed E-state index contributed by atoms with van der Waals surface area (Å²) in [6, 6.07) is 8.16. The van der Waals surface area contributed by atoms with Crippen LogP contribution in [0, 0.1) is 0 Å². The summed E-state index contributed by atoms with van der Waals surface area (Å²) in [6.45, 7) is 3.99. The number of hydrogen-bond acceptors (Lipinski definition) is 6. The Kier molecular flexibility index (Phi) is 6.45. The van der Waals surface area contributed by atoms with Crippen LogP contribution in [0.15, 0.2) is 41.0 Å². The van der Waals surface area contributed by atoms with Crippen molar-refractivity contribution in [2.75, 3.05) is 13.7 Å². The predicted molar refractivity (Wildman–Crippen MR) is 89.6 cm³/mol. The van der Waals surface area contributed by atoms with Gasteiger partial charge in [-0.3, -0.25) is 4.79 Å². The Morgan fingerprint density at radius 3 is 2.68 bits per heavy atom. The average Bonchev–Trinajstić information content (AvgIpc) is 3.13. The second kappa shape index (κ2) is 8.77. The van der Waals surface area contributed by atoms with Gasteiger partial charge in [-0.25, -0.2) is 4.79 Å². The number of hydrogen-bond donors (Lipinski definition) is 1. The SMILES string of the molecule is CCOc1cc(C(=O)OC(C)C(=O)NCc2ccco2)ccc1OC. The van der Waals surface area contributed by atoms with Gasteiger partial charge in [0.2, 0.25) is 0 Å². The lowest BCUT2D eigenvalue weighted by atomic mass is 10.2. The van der Waals surface area contributed by atoms with Gasteiger partial charge in [0.1, 0.15) is 5.76 Å². The summed E-state index contributed by atoms with van der Waals surface area (Å²) in [7, 11) is 1.52. The molecule has 0 aliphatic heterocycles. The topological polar surface area (TPSA) is 87.0 Å². The van der Waals surface area contributed by atoms with E-state index in [2.05, 4.69) is 5.32 Å². The quantitative estimate of drug-likeness (QED) is 0.739. The van der Waals surface area contributed by atoms with Gasteiger partial charge in [-0.2, -0.15) is 0 Å². The number of benzene rings is 1. The van der Waals surface area contributed by atoms with Crippen LogP contribution in [0.2, 0.25) is 0 Å². The number of methoxy groups -OCH3 is 1. The van der Waals surface area contributed by atoms with Crippen molar-refractivity contribution in [1.82, 2.24) is 5.32 Å². The molecule has 1 unspecified atom stereocenters. The highest BCUT2D eigenvalue weighted by Crippen LogP contribution is 2.28. The van der Waals surface area contributed by atoms with E-state index in [0.717, 1.165) is 0 Å². The van der Waals surface area contributed by atoms with Crippen molar-refractivity contribution >= 4 is 11.9 Å². The van der Waals surface area contributed by atoms with E-state index in [1.807, 2.05) is 6.92 Å². The van der Waals surface area contributed by atoms with E-state index in [4.69, 9.17) is 18.6 Å². The average molecular weight is 347 g/mol. The van der Waals surface area contributed by atoms with Crippen molar-refractivity contribution in [3.63, 3.8) is 0 Å². The summed E-state index contributed by atoms with van der Waals surface area (Å²) in [5, 5.41) is 2.64. The molecule has 0 saturated heterocycles. The van der Waals surface area contributed by atoms with Gasteiger partial charge in [0.05, 0.1) is 32.1 Å². The van der Waals surface area contributed by atoms with E-state index in [0.29, 0.717) is 23.9 Å². The minimum Gasteiger partial charge on any atom is -0.493 e. The number of furan rings is 1. The van der Waals surface area contributed by atoms with Crippen molar-refractivity contribution in [3.05, 3.63) is 47.9 Å². The normalized spacial score (nSPS) is 11.5. The molecule has 2 aromatic rings. The number of nitrogens with one attached hydrogen (secondary N) is 1. The Balaban J connectivity index is 1.95. The summed E-state index contributed by atoms with van der Waals surface area (Å²) in [4.78, 5) is 24.2. The first-order valence-electron chi connectivity index (χ1n) is 7.87. The van der Waals surface area contributed by atoms with Gasteiger partial charge in [-0.15, -0.1) is 0 Å². The molecule has 0 bridgehead atoms. The van der Waals surface area contributed by atoms with Gasteiger partial charge in [-0.1, -0.05) is 0 Å². The second-order valence-corrected chi connectivity index (χ2v) is 5.14. The van der Waals surface area contributed by atoms with Crippen LogP contribution < -0.4 is 14.8 Å². The molecule has 7 heteroatoms. The lowest BCUT2D eigenvalue weighted by Gasteiger charge is -2.14. The summed E-state index contributed by atoms with van der Waals surface area (Å²) in [5.41, 5.74) is 0.273. The van der Waals surface area contributed by atoms with Gasteiger partial charge < -0.3 is 23.9 Å². The molecule has 1 N–H and O–H groups in total. The first-order chi connectivity index (χ1) is 12.0. The monoisotopic (exact) mass is 347 g/mol. The first kappa shape index (κ1) is 18.4. The highest BCUT2D eigenvalue weighted by Gasteiger charge is 2.20. The Hall–Kier alpha value is -2.96. The maximum atomic E-state index is 12.2. The number of carbonyl (C=O) groups excluding carboxylic acids is 2. The van der Waals surface area contributed by atoms with Crippen LogP contribution in [0.25, 0.3) is 0 Å². The van der Waals surface area contributed by atoms with Crippen LogP contribution in [0.3, 0.4) is 0 Å². The summed E-state index contributed by atoms with van der Waals surface area (Å²) < 4.78 is 20.9. The molecule has 1 atom stereocenters. The smallest absolute Gasteiger partial charge is 0.339 e. The Labute approximate surface area is 145 Å². The van der Waals surface area contributed by atoms with E-state index < -0.39 is 18.0 Å². The molecule has 0 radical (unpaired) electrons. The van der Waals surface area contributed by atoms with Gasteiger partial charge in [0.25, 0.3) is 5.91 Å². The van der Waals surface area contributed by atoms with Crippen molar-refractivity contribution in [2.24, 2.45) is 0 Å². The zero-order valence-corrected chi connectivity index (χ0v) is 14.4. The summed E-state index contributed by atoms with van der Waals surface area (Å²) in [5.74, 6) is 0.535. The maximum Gasteiger partial charge on any atom is 0.339 e. The third-order valence-corrected chi connectivity index (χ3v) is 3.37. The molecule has 134 valence electrons. The molecule has 1 aromatic carbocycles. The summed E-state index contributed by atoms with van der Waals surface area (Å²) >= 11 is 0. The zero-order chi connectivity index (χ0) is 18.2. The number of carbonyl (C=O) groups is 2. The predicted octanol–water partition coefficient (Wildman–Crippen LogP) is 2.55. The molecule has 1 aromatic heterocycles. The molecule has 0 aliphatic rings. The highest BCUT2D eigenvalue weighted by molar-refractivity contribution is 5.92. The molecule has 0 fully saturated rings. The Morgan fingerprint density at radius 2 is 2.04 bits per heavy atom. The maximum absolute atomic E-state index is 12.2. The van der Waals surface area contributed by atoms with Gasteiger partial charge in [0, 0.05) is 0 Å². The number of amides is 1. The van der Waals surface area contributed by atoms with Crippen molar-refractivity contribution in [2.45, 2.75) is 26.5 Å². The van der Waals surface area contributed by atoms with Crippen LogP contribution in [-0.2, 0) is 16.1 Å². The molecular formula is C18H21NO6. The van der Waals surface area contributed by atoms with Crippen molar-refractivity contribution in [1.29, 1.82) is 0 Å². The van der Waals surface area contributed by atoms with E-state index >= 15 is 0 Å². The molecule has 2 rings (SSSR count). The fraction of sp³-hybridized carbons (Fsp3) is 0.333. The third-order valence-electron chi connectivity index (χ3n) is 3.37. The van der Waals surface area contributed by atoms with Gasteiger partial charge in [-0.05, 0) is 44.2 Å². The van der Waals surface area contributed by atoms with E-state index in [-0.39, 0.29) is 12.1 Å². The van der Waals surface area contributed by atoms with E-state index in [1.165, 1.54) is 26.4 Å². The van der Waals surface area contributed by atoms with Gasteiger partial charge in [0.15, 0.2) is 17.6 Å². The lowest BCUT2D eigenvalue weighted by Crippen LogP contribution is -2.35. The third kappa shape index (κ3) is 5.00. The second-order valence-electron chi connectivity index (χ2n) is 5.14. The molecule has 1 amide bonds. The fourth-order valence-corrected chi connectivity index (χ4v) is 2.09. The van der Waals surface area contributed by atoms with Crippen LogP contribution in [0.4, 0.5) is 0 Å². The highest BCUT2D eigenvalue weighted by atomic mass is 16.5. The molecular weight excluding hydrogens is 326 g/mol. The molecule has 0 aliphatic carbocycles. The summed E-state index contributed by atoms with van der Waals surface area (Å²) in [6.07, 6.45) is 0.574. The van der Waals surface area contributed by atoms with Crippen LogP contribution >= 0.6 is 0 Å². The molecule has 0 saturated carbocycles. The van der Waals surface area contributed by atoms with E-state index in [1.54, 1.807) is 24.3 Å². The number of esters is 1. The Bertz CT molecular complexity index is 710. The van der Waals surface area contributed by atoms with Gasteiger partial charge >= 0.3 is 5.97 Å². The minimum atomic E-state index is -0.944. The standard InChI is InChI=1S/C18H21NO6/c1-4-23-16-10-13(7-8-15(16)22-3)18(21)25-12(2)17(20)19-11-14-6-5-9-24-14/h5-10,12H,4,11H2,1-3H3,(H,19,20). The lowest BCUT2D eigenvalue weighted by molar-refractivity contribution is -0.129. The van der Waals surface area contributed by atoms with E-state index in [9.17, 15) is 9.59 Å². The molecule has 1 heterocycles. The Morgan fingerprint density at radius 1 is 1.24 bits per heavy atom. The zero-order valence-electron chi connectivity index (χ0n) is 14.4. The van der Waals surface area contributed by atoms with Crippen molar-refractivity contribution < 1.29 is 28.2 Å². The molecule has 25 heavy (non-hydrogen) atoms. The van der Waals surface area contributed by atoms with Crippen LogP contribution in [0.5, 0.6) is 11.5 Å². The number of ether oxygens (including phenoxy) is 3. The molecule has 7 nitrogen and oxygen atoms in total. The molecule has 0 spiro atoms. The van der Waals surface area contributed by atoms with Crippen LogP contribution in [-0.4, -0.2) is 31.7 Å². The van der Waals surface area contributed by atoms with Crippen molar-refractivity contribution in [3.8, 4) is 11.5 Å². The van der Waals surface area contributed by atoms with Crippen LogP contribution in [0.1, 0.15) is 30.0 Å².